The Balaban J connectivity index is 1.63. The zero-order chi connectivity index (χ0) is 14.9. The van der Waals surface area contributed by atoms with Crippen LogP contribution in [0.4, 0.5) is 0 Å². The van der Waals surface area contributed by atoms with Gasteiger partial charge in [0.05, 0.1) is 18.5 Å². The largest absolute Gasteiger partial charge is 0.482 e. The Hall–Kier alpha value is -1.88. The predicted molar refractivity (Wildman–Crippen MR) is 79.8 cm³/mol. The van der Waals surface area contributed by atoms with Gasteiger partial charge in [0.15, 0.2) is 6.61 Å². The predicted octanol–water partition coefficient (Wildman–Crippen LogP) is 1.96. The smallest absolute Gasteiger partial charge is 0.257 e. The van der Waals surface area contributed by atoms with Gasteiger partial charge in [-0.1, -0.05) is 11.6 Å². The molecule has 1 aromatic heterocycles. The number of carbonyl (C=O) groups is 1. The maximum absolute atomic E-state index is 11.7. The summed E-state index contributed by atoms with van der Waals surface area (Å²) in [6, 6.07) is 3.36. The first kappa shape index (κ1) is 15.5. The Morgan fingerprint density at radius 2 is 2.29 bits per heavy atom. The van der Waals surface area contributed by atoms with Gasteiger partial charge in [0.25, 0.3) is 5.91 Å². The molecule has 1 aliphatic carbocycles. The molecule has 0 radical (unpaired) electrons. The monoisotopic (exact) mass is 290 g/mol. The molecule has 0 aliphatic heterocycles. The molecule has 0 aromatic carbocycles. The summed E-state index contributed by atoms with van der Waals surface area (Å²) < 4.78 is 5.34. The van der Waals surface area contributed by atoms with Gasteiger partial charge >= 0.3 is 0 Å². The number of nitrogens with one attached hydrogen (secondary N) is 1. The number of carbonyl (C=O) groups excluding carboxylic acids is 1. The molecule has 0 saturated heterocycles. The molecule has 5 heteroatoms. The van der Waals surface area contributed by atoms with Crippen molar-refractivity contribution in [2.75, 3.05) is 13.2 Å². The molecule has 0 saturated carbocycles. The third kappa shape index (κ3) is 5.55. The van der Waals surface area contributed by atoms with Crippen LogP contribution in [0.2, 0.25) is 0 Å². The normalized spacial score (nSPS) is 14.4. The number of amides is 1. The molecule has 0 fully saturated rings. The quantitative estimate of drug-likeness (QED) is 0.753. The fourth-order valence-electron chi connectivity index (χ4n) is 2.28. The lowest BCUT2D eigenvalue weighted by Gasteiger charge is -2.13. The fraction of sp³-hybridized carbons (Fsp3) is 0.500. The van der Waals surface area contributed by atoms with Crippen LogP contribution in [0.5, 0.6) is 5.75 Å². The topological polar surface area (TPSA) is 71.5 Å². The Labute approximate surface area is 125 Å². The van der Waals surface area contributed by atoms with Crippen LogP contribution in [0, 0.1) is 0 Å². The number of hydrogen-bond donors (Lipinski definition) is 2. The minimum Gasteiger partial charge on any atom is -0.482 e. The Morgan fingerprint density at radius 3 is 2.95 bits per heavy atom. The van der Waals surface area contributed by atoms with Gasteiger partial charge in [0.1, 0.15) is 5.75 Å². The Bertz CT molecular complexity index is 483. The lowest BCUT2D eigenvalue weighted by Crippen LogP contribution is -2.30. The van der Waals surface area contributed by atoms with Gasteiger partial charge in [-0.05, 0) is 44.2 Å². The lowest BCUT2D eigenvalue weighted by molar-refractivity contribution is -0.123. The van der Waals surface area contributed by atoms with Crippen LogP contribution in [-0.4, -0.2) is 29.1 Å². The van der Waals surface area contributed by atoms with E-state index in [2.05, 4.69) is 16.4 Å². The van der Waals surface area contributed by atoms with Gasteiger partial charge in [-0.15, -0.1) is 0 Å². The molecular formula is C16H22N2O3. The first-order valence-corrected chi connectivity index (χ1v) is 7.41. The Morgan fingerprint density at radius 1 is 1.38 bits per heavy atom. The summed E-state index contributed by atoms with van der Waals surface area (Å²) >= 11 is 0. The van der Waals surface area contributed by atoms with E-state index in [0.717, 1.165) is 12.8 Å². The number of aliphatic hydroxyl groups excluding tert-OH is 1. The number of hydrogen-bond acceptors (Lipinski definition) is 4. The molecule has 1 heterocycles. The SMILES string of the molecule is O=C(COc1ccc(CO)nc1)NCCC1=CCCCC1. The molecule has 0 bridgehead atoms. The number of allylic oxidation sites excluding steroid dienone is 1. The molecule has 1 amide bonds. The molecule has 0 atom stereocenters. The van der Waals surface area contributed by atoms with E-state index in [1.165, 1.54) is 31.0 Å². The summed E-state index contributed by atoms with van der Waals surface area (Å²) in [5.41, 5.74) is 2.03. The van der Waals surface area contributed by atoms with Crippen molar-refractivity contribution in [3.63, 3.8) is 0 Å². The van der Waals surface area contributed by atoms with Crippen LogP contribution < -0.4 is 10.1 Å². The number of rotatable bonds is 7. The minimum absolute atomic E-state index is 0.0147. The minimum atomic E-state index is -0.127. The van der Waals surface area contributed by atoms with E-state index in [0.29, 0.717) is 18.0 Å². The van der Waals surface area contributed by atoms with Crippen molar-refractivity contribution >= 4 is 5.91 Å². The van der Waals surface area contributed by atoms with E-state index in [1.807, 2.05) is 0 Å². The summed E-state index contributed by atoms with van der Waals surface area (Å²) in [6.07, 6.45) is 9.61. The van der Waals surface area contributed by atoms with Crippen molar-refractivity contribution in [1.82, 2.24) is 10.3 Å². The number of pyridine rings is 1. The van der Waals surface area contributed by atoms with E-state index >= 15 is 0 Å². The second-order valence-electron chi connectivity index (χ2n) is 5.14. The van der Waals surface area contributed by atoms with Crippen LogP contribution in [0.3, 0.4) is 0 Å². The van der Waals surface area contributed by atoms with Crippen LogP contribution in [0.15, 0.2) is 30.0 Å². The number of ether oxygens (including phenoxy) is 1. The highest BCUT2D eigenvalue weighted by atomic mass is 16.5. The van der Waals surface area contributed by atoms with Crippen molar-refractivity contribution in [1.29, 1.82) is 0 Å². The van der Waals surface area contributed by atoms with E-state index in [1.54, 1.807) is 12.1 Å². The second kappa shape index (κ2) is 8.42. The first-order chi connectivity index (χ1) is 10.3. The summed E-state index contributed by atoms with van der Waals surface area (Å²) in [5.74, 6) is 0.398. The molecule has 2 rings (SSSR count). The van der Waals surface area contributed by atoms with E-state index in [9.17, 15) is 4.79 Å². The van der Waals surface area contributed by atoms with Crippen molar-refractivity contribution in [2.24, 2.45) is 0 Å². The average Bonchev–Trinajstić information content (AvgIpc) is 2.54. The van der Waals surface area contributed by atoms with Crippen LogP contribution >= 0.6 is 0 Å². The molecule has 21 heavy (non-hydrogen) atoms. The molecule has 0 unspecified atom stereocenters. The number of aliphatic hydroxyl groups is 1. The molecular weight excluding hydrogens is 268 g/mol. The fourth-order valence-corrected chi connectivity index (χ4v) is 2.28. The molecule has 114 valence electrons. The highest BCUT2D eigenvalue weighted by Gasteiger charge is 2.06. The molecule has 0 spiro atoms. The standard InChI is InChI=1S/C16H22N2O3/c19-11-14-6-7-15(10-18-14)21-12-16(20)17-9-8-13-4-2-1-3-5-13/h4,6-7,10,19H,1-3,5,8-9,11-12H2,(H,17,20). The van der Waals surface area contributed by atoms with Crippen molar-refractivity contribution in [3.05, 3.63) is 35.7 Å². The van der Waals surface area contributed by atoms with Gasteiger partial charge in [0.2, 0.25) is 0 Å². The van der Waals surface area contributed by atoms with E-state index in [-0.39, 0.29) is 19.1 Å². The maximum atomic E-state index is 11.7. The van der Waals surface area contributed by atoms with Gasteiger partial charge in [-0.3, -0.25) is 9.78 Å². The third-order valence-electron chi connectivity index (χ3n) is 3.48. The Kier molecular flexibility index (Phi) is 6.22. The molecule has 5 nitrogen and oxygen atoms in total. The number of nitrogens with zero attached hydrogens (tertiary/aromatic N) is 1. The average molecular weight is 290 g/mol. The second-order valence-corrected chi connectivity index (χ2v) is 5.14. The van der Waals surface area contributed by atoms with Gasteiger partial charge in [-0.25, -0.2) is 0 Å². The zero-order valence-corrected chi connectivity index (χ0v) is 12.2. The third-order valence-corrected chi connectivity index (χ3v) is 3.48. The van der Waals surface area contributed by atoms with Crippen LogP contribution in [0.1, 0.15) is 37.8 Å². The summed E-state index contributed by atoms with van der Waals surface area (Å²) in [6.45, 7) is 0.547. The lowest BCUT2D eigenvalue weighted by atomic mass is 9.97. The molecule has 2 N–H and O–H groups in total. The molecule has 1 aliphatic rings. The highest BCUT2D eigenvalue weighted by molar-refractivity contribution is 5.77. The summed E-state index contributed by atoms with van der Waals surface area (Å²) in [4.78, 5) is 15.6. The highest BCUT2D eigenvalue weighted by Crippen LogP contribution is 2.19. The van der Waals surface area contributed by atoms with Crippen molar-refractivity contribution in [2.45, 2.75) is 38.7 Å². The van der Waals surface area contributed by atoms with E-state index < -0.39 is 0 Å². The molecule has 1 aromatic rings. The van der Waals surface area contributed by atoms with Crippen LogP contribution in [0.25, 0.3) is 0 Å². The van der Waals surface area contributed by atoms with Crippen LogP contribution in [-0.2, 0) is 11.4 Å². The van der Waals surface area contributed by atoms with Crippen molar-refractivity contribution in [3.8, 4) is 5.75 Å². The van der Waals surface area contributed by atoms with Gasteiger partial charge < -0.3 is 15.2 Å². The summed E-state index contributed by atoms with van der Waals surface area (Å²) in [5, 5.41) is 11.7. The zero-order valence-electron chi connectivity index (χ0n) is 12.2. The summed E-state index contributed by atoms with van der Waals surface area (Å²) in [7, 11) is 0. The van der Waals surface area contributed by atoms with Gasteiger partial charge in [0, 0.05) is 6.54 Å². The first-order valence-electron chi connectivity index (χ1n) is 7.41. The van der Waals surface area contributed by atoms with E-state index in [4.69, 9.17) is 9.84 Å². The van der Waals surface area contributed by atoms with Crippen molar-refractivity contribution < 1.29 is 14.6 Å². The van der Waals surface area contributed by atoms with Gasteiger partial charge in [-0.2, -0.15) is 0 Å². The number of aromatic nitrogens is 1. The maximum Gasteiger partial charge on any atom is 0.257 e.